The molecule has 0 unspecified atom stereocenters. The van der Waals surface area contributed by atoms with E-state index >= 15 is 0 Å². The third-order valence-electron chi connectivity index (χ3n) is 14.3. The van der Waals surface area contributed by atoms with Crippen LogP contribution in [0, 0.1) is 5.92 Å². The van der Waals surface area contributed by atoms with Gasteiger partial charge in [0.2, 0.25) is 0 Å². The normalized spacial score (nSPS) is 12.0. The summed E-state index contributed by atoms with van der Waals surface area (Å²) in [6, 6.07) is 0. The molecule has 0 aromatic rings. The van der Waals surface area contributed by atoms with Crippen molar-refractivity contribution < 1.29 is 28.6 Å². The van der Waals surface area contributed by atoms with E-state index in [9.17, 15) is 14.4 Å². The Balaban J connectivity index is 4.28. The van der Waals surface area contributed by atoms with E-state index in [1.165, 1.54) is 250 Å². The molecule has 404 valence electrons. The van der Waals surface area contributed by atoms with Crippen LogP contribution in [0.3, 0.4) is 0 Å². The average molecular weight is 962 g/mol. The number of hydrogen-bond donors (Lipinski definition) is 0. The first-order valence-corrected chi connectivity index (χ1v) is 30.9. The zero-order valence-corrected chi connectivity index (χ0v) is 46.6. The van der Waals surface area contributed by atoms with Gasteiger partial charge in [-0.15, -0.1) is 0 Å². The van der Waals surface area contributed by atoms with Crippen LogP contribution in [-0.2, 0) is 28.6 Å². The van der Waals surface area contributed by atoms with E-state index in [2.05, 4.69) is 27.7 Å². The van der Waals surface area contributed by atoms with Gasteiger partial charge < -0.3 is 14.2 Å². The Labute approximate surface area is 425 Å². The van der Waals surface area contributed by atoms with Crippen LogP contribution in [0.2, 0.25) is 0 Å². The molecule has 1 atom stereocenters. The van der Waals surface area contributed by atoms with Crippen LogP contribution in [0.15, 0.2) is 0 Å². The number of ether oxygens (including phenoxy) is 3. The maximum Gasteiger partial charge on any atom is 0.306 e. The number of unbranched alkanes of at least 4 members (excludes halogenated alkanes) is 44. The van der Waals surface area contributed by atoms with E-state index in [1.807, 2.05) is 0 Å². The lowest BCUT2D eigenvalue weighted by Crippen LogP contribution is -2.30. The number of carbonyl (C=O) groups is 3. The molecule has 0 bridgehead atoms. The van der Waals surface area contributed by atoms with Crippen LogP contribution >= 0.6 is 0 Å². The summed E-state index contributed by atoms with van der Waals surface area (Å²) >= 11 is 0. The van der Waals surface area contributed by atoms with Gasteiger partial charge in [0, 0.05) is 19.3 Å². The topological polar surface area (TPSA) is 78.9 Å². The largest absolute Gasteiger partial charge is 0.462 e. The van der Waals surface area contributed by atoms with E-state index in [-0.39, 0.29) is 31.1 Å². The highest BCUT2D eigenvalue weighted by Crippen LogP contribution is 2.18. The number of esters is 3. The Morgan fingerprint density at radius 3 is 0.721 bits per heavy atom. The molecule has 0 radical (unpaired) electrons. The van der Waals surface area contributed by atoms with E-state index < -0.39 is 6.10 Å². The summed E-state index contributed by atoms with van der Waals surface area (Å²) in [5.74, 6) is 0.00949. The highest BCUT2D eigenvalue weighted by Gasteiger charge is 2.19. The maximum atomic E-state index is 12.9. The molecule has 0 N–H and O–H groups in total. The van der Waals surface area contributed by atoms with Crippen molar-refractivity contribution in [1.29, 1.82) is 0 Å². The molecule has 0 aromatic heterocycles. The summed E-state index contributed by atoms with van der Waals surface area (Å²) in [5.41, 5.74) is 0. The van der Waals surface area contributed by atoms with Crippen LogP contribution in [0.1, 0.15) is 355 Å². The van der Waals surface area contributed by atoms with Gasteiger partial charge in [0.1, 0.15) is 13.2 Å². The number of rotatable bonds is 57. The highest BCUT2D eigenvalue weighted by molar-refractivity contribution is 5.71. The Morgan fingerprint density at radius 1 is 0.279 bits per heavy atom. The van der Waals surface area contributed by atoms with Crippen molar-refractivity contribution in [3.05, 3.63) is 0 Å². The molecule has 0 aromatic carbocycles. The predicted molar refractivity (Wildman–Crippen MR) is 293 cm³/mol. The van der Waals surface area contributed by atoms with Crippen molar-refractivity contribution in [3.8, 4) is 0 Å². The third kappa shape index (κ3) is 55.3. The van der Waals surface area contributed by atoms with Gasteiger partial charge in [-0.2, -0.15) is 0 Å². The zero-order chi connectivity index (χ0) is 49.5. The minimum absolute atomic E-state index is 0.0614. The lowest BCUT2D eigenvalue weighted by atomic mass is 10.0. The molecule has 0 fully saturated rings. The van der Waals surface area contributed by atoms with Gasteiger partial charge in [-0.05, 0) is 25.2 Å². The van der Waals surface area contributed by atoms with Gasteiger partial charge in [0.25, 0.3) is 0 Å². The second kappa shape index (κ2) is 56.3. The molecule has 0 aliphatic heterocycles. The summed E-state index contributed by atoms with van der Waals surface area (Å²) in [7, 11) is 0. The summed E-state index contributed by atoms with van der Waals surface area (Å²) in [6.45, 7) is 9.08. The highest BCUT2D eigenvalue weighted by atomic mass is 16.6. The van der Waals surface area contributed by atoms with Crippen molar-refractivity contribution >= 4 is 17.9 Å². The summed E-state index contributed by atoms with van der Waals surface area (Å²) < 4.78 is 16.9. The average Bonchev–Trinajstić information content (AvgIpc) is 3.32. The molecule has 0 amide bonds. The predicted octanol–water partition coefficient (Wildman–Crippen LogP) is 20.6. The van der Waals surface area contributed by atoms with Crippen molar-refractivity contribution in [2.24, 2.45) is 5.92 Å². The zero-order valence-electron chi connectivity index (χ0n) is 46.6. The van der Waals surface area contributed by atoms with E-state index in [0.717, 1.165) is 63.7 Å². The Hall–Kier alpha value is -1.59. The third-order valence-corrected chi connectivity index (χ3v) is 14.3. The molecule has 0 spiro atoms. The van der Waals surface area contributed by atoms with Crippen molar-refractivity contribution in [3.63, 3.8) is 0 Å². The molecule has 6 heteroatoms. The summed E-state index contributed by atoms with van der Waals surface area (Å²) in [5, 5.41) is 0. The second-order valence-corrected chi connectivity index (χ2v) is 21.8. The summed E-state index contributed by atoms with van der Waals surface area (Å²) in [4.78, 5) is 38.2. The van der Waals surface area contributed by atoms with Crippen LogP contribution < -0.4 is 0 Å². The first kappa shape index (κ1) is 66.4. The second-order valence-electron chi connectivity index (χ2n) is 21.8. The summed E-state index contributed by atoms with van der Waals surface area (Å²) in [6.07, 6.45) is 62.4. The van der Waals surface area contributed by atoms with Gasteiger partial charge in [-0.1, -0.05) is 317 Å². The first-order valence-electron chi connectivity index (χ1n) is 30.9. The Morgan fingerprint density at radius 2 is 0.485 bits per heavy atom. The van der Waals surface area contributed by atoms with Gasteiger partial charge in [-0.25, -0.2) is 0 Å². The monoisotopic (exact) mass is 961 g/mol. The molecule has 0 heterocycles. The fourth-order valence-electron chi connectivity index (χ4n) is 9.63. The van der Waals surface area contributed by atoms with Crippen molar-refractivity contribution in [1.82, 2.24) is 0 Å². The lowest BCUT2D eigenvalue weighted by molar-refractivity contribution is -0.167. The number of carbonyl (C=O) groups excluding carboxylic acids is 3. The molecule has 0 saturated heterocycles. The minimum atomic E-state index is -0.762. The van der Waals surface area contributed by atoms with Crippen molar-refractivity contribution in [2.75, 3.05) is 13.2 Å². The van der Waals surface area contributed by atoms with E-state index in [1.54, 1.807) is 0 Å². The molecule has 0 saturated carbocycles. The molecular formula is C62H120O6. The molecular weight excluding hydrogens is 841 g/mol. The Bertz CT molecular complexity index is 1030. The molecule has 6 nitrogen and oxygen atoms in total. The maximum absolute atomic E-state index is 12.9. The smallest absolute Gasteiger partial charge is 0.306 e. The van der Waals surface area contributed by atoms with Gasteiger partial charge in [-0.3, -0.25) is 14.4 Å². The Kier molecular flexibility index (Phi) is 55.0. The van der Waals surface area contributed by atoms with Crippen LogP contribution in [0.4, 0.5) is 0 Å². The number of hydrogen-bond acceptors (Lipinski definition) is 6. The SMILES string of the molecule is CCCCCCCCCCCCCCCCCCCCCC(=O)O[C@H](COC(=O)CCCCCCCCCCCCCCCCC)COC(=O)CCCCCCCCCCCCCCCC(C)C. The van der Waals surface area contributed by atoms with E-state index in [0.29, 0.717) is 19.3 Å². The van der Waals surface area contributed by atoms with Gasteiger partial charge in [0.05, 0.1) is 0 Å². The molecule has 0 aliphatic rings. The fraction of sp³-hybridized carbons (Fsp3) is 0.952. The van der Waals surface area contributed by atoms with Crippen LogP contribution in [0.25, 0.3) is 0 Å². The first-order chi connectivity index (χ1) is 33.4. The van der Waals surface area contributed by atoms with E-state index in [4.69, 9.17) is 14.2 Å². The van der Waals surface area contributed by atoms with Crippen LogP contribution in [-0.4, -0.2) is 37.2 Å². The molecule has 68 heavy (non-hydrogen) atoms. The standard InChI is InChI=1S/C62H120O6/c1-5-7-9-11-13-15-17-19-21-22-23-24-26-30-35-39-43-47-51-55-62(65)68-59(56-66-60(63)53-49-45-41-37-33-29-25-20-18-16-14-12-10-8-6-2)57-67-61(64)54-50-46-42-38-34-31-27-28-32-36-40-44-48-52-58(3)4/h58-59H,5-57H2,1-4H3/t59-/m1/s1. The van der Waals surface area contributed by atoms with Crippen LogP contribution in [0.5, 0.6) is 0 Å². The molecule has 0 aliphatic carbocycles. The van der Waals surface area contributed by atoms with Gasteiger partial charge in [0.15, 0.2) is 6.10 Å². The lowest BCUT2D eigenvalue weighted by Gasteiger charge is -2.18. The quantitative estimate of drug-likeness (QED) is 0.0343. The molecule has 0 rings (SSSR count). The van der Waals surface area contributed by atoms with Gasteiger partial charge >= 0.3 is 17.9 Å². The van der Waals surface area contributed by atoms with Crippen molar-refractivity contribution in [2.45, 2.75) is 361 Å². The minimum Gasteiger partial charge on any atom is -0.462 e. The fourth-order valence-corrected chi connectivity index (χ4v) is 9.63.